The van der Waals surface area contributed by atoms with Crippen LogP contribution in [0.15, 0.2) is 78.9 Å². The van der Waals surface area contributed by atoms with Gasteiger partial charge in [0.05, 0.1) is 19.8 Å². The SMILES string of the molecule is Oc1ccc(-c2ccc3cc(O)ccc3c2Cc2ccc(OCCCCCN3CCOCC3)cc2)cc1. The number of benzene rings is 4. The fraction of sp³-hybridized carbons (Fsp3) is 0.312. The Morgan fingerprint density at radius 2 is 1.51 bits per heavy atom. The van der Waals surface area contributed by atoms with E-state index in [1.54, 1.807) is 24.3 Å². The highest BCUT2D eigenvalue weighted by Crippen LogP contribution is 2.34. The number of morpholine rings is 1. The second kappa shape index (κ2) is 12.1. The summed E-state index contributed by atoms with van der Waals surface area (Å²) in [5.41, 5.74) is 4.56. The van der Waals surface area contributed by atoms with Gasteiger partial charge in [-0.15, -0.1) is 0 Å². The average molecular weight is 498 g/mol. The van der Waals surface area contributed by atoms with Gasteiger partial charge >= 0.3 is 0 Å². The maximum absolute atomic E-state index is 9.99. The van der Waals surface area contributed by atoms with Gasteiger partial charge in [0.15, 0.2) is 0 Å². The van der Waals surface area contributed by atoms with Gasteiger partial charge < -0.3 is 19.7 Å². The standard InChI is InChI=1S/C32H35NO4/c34-27-9-6-25(7-10-27)30-14-8-26-23-28(35)11-15-31(26)32(30)22-24-4-12-29(13-5-24)37-19-3-1-2-16-33-17-20-36-21-18-33/h4-15,23,34-35H,1-3,16-22H2. The molecule has 0 amide bonds. The third-order valence-electron chi connectivity index (χ3n) is 7.09. The van der Waals surface area contributed by atoms with E-state index in [0.29, 0.717) is 0 Å². The molecule has 37 heavy (non-hydrogen) atoms. The number of ether oxygens (including phenoxy) is 2. The summed E-state index contributed by atoms with van der Waals surface area (Å²) in [7, 11) is 0. The molecule has 0 atom stereocenters. The predicted octanol–water partition coefficient (Wildman–Crippen LogP) is 6.39. The number of hydrogen-bond acceptors (Lipinski definition) is 5. The van der Waals surface area contributed by atoms with Crippen molar-refractivity contribution in [2.24, 2.45) is 0 Å². The molecule has 4 aromatic carbocycles. The molecule has 1 aliphatic heterocycles. The highest BCUT2D eigenvalue weighted by Gasteiger charge is 2.12. The van der Waals surface area contributed by atoms with Crippen molar-refractivity contribution in [3.8, 4) is 28.4 Å². The van der Waals surface area contributed by atoms with E-state index >= 15 is 0 Å². The number of fused-ring (bicyclic) bond motifs is 1. The van der Waals surface area contributed by atoms with Crippen molar-refractivity contribution < 1.29 is 19.7 Å². The molecule has 5 heteroatoms. The summed E-state index contributed by atoms with van der Waals surface area (Å²) in [6.07, 6.45) is 4.19. The van der Waals surface area contributed by atoms with Crippen LogP contribution in [-0.4, -0.2) is 54.6 Å². The molecule has 1 aliphatic rings. The molecule has 1 fully saturated rings. The van der Waals surface area contributed by atoms with E-state index in [1.165, 1.54) is 24.0 Å². The van der Waals surface area contributed by atoms with Crippen LogP contribution >= 0.6 is 0 Å². The van der Waals surface area contributed by atoms with Gasteiger partial charge in [-0.2, -0.15) is 0 Å². The van der Waals surface area contributed by atoms with E-state index in [1.807, 2.05) is 24.3 Å². The fourth-order valence-electron chi connectivity index (χ4n) is 5.02. The zero-order chi connectivity index (χ0) is 25.5. The lowest BCUT2D eigenvalue weighted by molar-refractivity contribution is 0.0370. The molecule has 192 valence electrons. The van der Waals surface area contributed by atoms with Crippen molar-refractivity contribution in [3.63, 3.8) is 0 Å². The third-order valence-corrected chi connectivity index (χ3v) is 7.09. The van der Waals surface area contributed by atoms with Crippen LogP contribution in [0, 0.1) is 0 Å². The van der Waals surface area contributed by atoms with E-state index in [4.69, 9.17) is 9.47 Å². The van der Waals surface area contributed by atoms with Crippen LogP contribution < -0.4 is 4.74 Å². The maximum atomic E-state index is 9.99. The molecule has 0 unspecified atom stereocenters. The van der Waals surface area contributed by atoms with Gasteiger partial charge in [0.2, 0.25) is 0 Å². The number of hydrogen-bond donors (Lipinski definition) is 2. The van der Waals surface area contributed by atoms with E-state index in [0.717, 1.165) is 79.9 Å². The Bertz CT molecular complexity index is 1300. The van der Waals surface area contributed by atoms with Crippen LogP contribution in [0.25, 0.3) is 21.9 Å². The zero-order valence-corrected chi connectivity index (χ0v) is 21.2. The molecule has 4 aromatic rings. The zero-order valence-electron chi connectivity index (χ0n) is 21.2. The van der Waals surface area contributed by atoms with E-state index in [9.17, 15) is 10.2 Å². The predicted molar refractivity (Wildman–Crippen MR) is 149 cm³/mol. The molecule has 0 radical (unpaired) electrons. The molecule has 0 saturated carbocycles. The number of nitrogens with zero attached hydrogens (tertiary/aromatic N) is 1. The highest BCUT2D eigenvalue weighted by molar-refractivity contribution is 5.93. The van der Waals surface area contributed by atoms with Gasteiger partial charge in [0, 0.05) is 13.1 Å². The third kappa shape index (κ3) is 6.62. The molecule has 0 aromatic heterocycles. The van der Waals surface area contributed by atoms with Gasteiger partial charge in [-0.1, -0.05) is 42.5 Å². The molecule has 2 N–H and O–H groups in total. The van der Waals surface area contributed by atoms with Crippen LogP contribution in [0.3, 0.4) is 0 Å². The van der Waals surface area contributed by atoms with Crippen molar-refractivity contribution >= 4 is 10.8 Å². The first-order chi connectivity index (χ1) is 18.2. The molecule has 5 rings (SSSR count). The first kappa shape index (κ1) is 25.1. The number of rotatable bonds is 10. The van der Waals surface area contributed by atoms with Crippen molar-refractivity contribution in [2.45, 2.75) is 25.7 Å². The maximum Gasteiger partial charge on any atom is 0.119 e. The molecule has 0 bridgehead atoms. The minimum atomic E-state index is 0.253. The first-order valence-electron chi connectivity index (χ1n) is 13.2. The van der Waals surface area contributed by atoms with Crippen LogP contribution in [0.5, 0.6) is 17.2 Å². The number of aromatic hydroxyl groups is 2. The van der Waals surface area contributed by atoms with Crippen LogP contribution in [0.2, 0.25) is 0 Å². The summed E-state index contributed by atoms with van der Waals surface area (Å²) < 4.78 is 11.4. The monoisotopic (exact) mass is 497 g/mol. The second-order valence-corrected chi connectivity index (χ2v) is 9.73. The Balaban J connectivity index is 1.22. The number of phenols is 2. The molecule has 1 saturated heterocycles. The quantitative estimate of drug-likeness (QED) is 0.249. The molecule has 1 heterocycles. The van der Waals surface area contributed by atoms with Crippen molar-refractivity contribution in [3.05, 3.63) is 90.0 Å². The Labute approximate surface area is 218 Å². The van der Waals surface area contributed by atoms with E-state index in [2.05, 4.69) is 35.2 Å². The average Bonchev–Trinajstić information content (AvgIpc) is 2.93. The topological polar surface area (TPSA) is 62.2 Å². The minimum Gasteiger partial charge on any atom is -0.508 e. The van der Waals surface area contributed by atoms with Crippen LogP contribution in [-0.2, 0) is 11.2 Å². The molecule has 5 nitrogen and oxygen atoms in total. The summed E-state index contributed by atoms with van der Waals surface area (Å²) in [6.45, 7) is 5.72. The number of unbranched alkanes of at least 4 members (excludes halogenated alkanes) is 2. The van der Waals surface area contributed by atoms with Gasteiger partial charge in [-0.25, -0.2) is 0 Å². The number of phenolic OH excluding ortho intramolecular Hbond substituents is 2. The Morgan fingerprint density at radius 3 is 2.30 bits per heavy atom. The Morgan fingerprint density at radius 1 is 0.757 bits per heavy atom. The van der Waals surface area contributed by atoms with Gasteiger partial charge in [-0.05, 0) is 102 Å². The Kier molecular flexibility index (Phi) is 8.24. The van der Waals surface area contributed by atoms with E-state index < -0.39 is 0 Å². The molecular weight excluding hydrogens is 462 g/mol. The van der Waals surface area contributed by atoms with Crippen molar-refractivity contribution in [1.82, 2.24) is 4.90 Å². The van der Waals surface area contributed by atoms with E-state index in [-0.39, 0.29) is 11.5 Å². The summed E-state index contributed by atoms with van der Waals surface area (Å²) in [4.78, 5) is 2.48. The molecular formula is C32H35NO4. The lowest BCUT2D eigenvalue weighted by Gasteiger charge is -2.26. The van der Waals surface area contributed by atoms with Gasteiger partial charge in [-0.3, -0.25) is 4.90 Å². The highest BCUT2D eigenvalue weighted by atomic mass is 16.5. The minimum absolute atomic E-state index is 0.253. The Hall–Kier alpha value is -3.54. The van der Waals surface area contributed by atoms with Gasteiger partial charge in [0.25, 0.3) is 0 Å². The second-order valence-electron chi connectivity index (χ2n) is 9.73. The molecule has 0 spiro atoms. The lowest BCUT2D eigenvalue weighted by atomic mass is 9.90. The van der Waals surface area contributed by atoms with Gasteiger partial charge in [0.1, 0.15) is 17.2 Å². The normalized spacial score (nSPS) is 14.2. The molecule has 0 aliphatic carbocycles. The summed E-state index contributed by atoms with van der Waals surface area (Å²) in [5.74, 6) is 1.42. The van der Waals surface area contributed by atoms with Crippen molar-refractivity contribution in [1.29, 1.82) is 0 Å². The van der Waals surface area contributed by atoms with Crippen LogP contribution in [0.4, 0.5) is 0 Å². The van der Waals surface area contributed by atoms with Crippen molar-refractivity contribution in [2.75, 3.05) is 39.5 Å². The summed E-state index contributed by atoms with van der Waals surface area (Å²) in [5, 5.41) is 21.9. The fourth-order valence-corrected chi connectivity index (χ4v) is 5.02. The largest absolute Gasteiger partial charge is 0.508 e. The first-order valence-corrected chi connectivity index (χ1v) is 13.2. The summed E-state index contributed by atoms with van der Waals surface area (Å²) in [6, 6.07) is 25.4. The smallest absolute Gasteiger partial charge is 0.119 e. The summed E-state index contributed by atoms with van der Waals surface area (Å²) >= 11 is 0. The lowest BCUT2D eigenvalue weighted by Crippen LogP contribution is -2.36. The van der Waals surface area contributed by atoms with Crippen LogP contribution in [0.1, 0.15) is 30.4 Å².